The molecule has 5 nitrogen and oxygen atoms in total. The number of aryl methyl sites for hydroxylation is 1. The molecule has 0 aliphatic carbocycles. The maximum absolute atomic E-state index is 12.3. The van der Waals surface area contributed by atoms with Gasteiger partial charge in [-0.2, -0.15) is 5.10 Å². The third-order valence-electron chi connectivity index (χ3n) is 3.66. The second-order valence-electron chi connectivity index (χ2n) is 6.09. The first kappa shape index (κ1) is 15.2. The van der Waals surface area contributed by atoms with Crippen LogP contribution >= 0.6 is 0 Å². The van der Waals surface area contributed by atoms with Gasteiger partial charge in [-0.25, -0.2) is 9.50 Å². The van der Waals surface area contributed by atoms with E-state index in [-0.39, 0.29) is 5.91 Å². The van der Waals surface area contributed by atoms with Crippen LogP contribution in [-0.2, 0) is 0 Å². The molecule has 23 heavy (non-hydrogen) atoms. The van der Waals surface area contributed by atoms with E-state index in [4.69, 9.17) is 0 Å². The molecule has 118 valence electrons. The molecule has 5 heteroatoms. The normalized spacial score (nSPS) is 11.1. The molecule has 0 unspecified atom stereocenters. The molecule has 1 aromatic carbocycles. The Morgan fingerprint density at radius 3 is 2.65 bits per heavy atom. The van der Waals surface area contributed by atoms with Crippen LogP contribution in [0, 0.1) is 12.8 Å². The van der Waals surface area contributed by atoms with E-state index in [1.807, 2.05) is 18.2 Å². The van der Waals surface area contributed by atoms with E-state index in [1.54, 1.807) is 16.9 Å². The highest BCUT2D eigenvalue weighted by Crippen LogP contribution is 2.21. The van der Waals surface area contributed by atoms with Gasteiger partial charge in [-0.3, -0.25) is 4.79 Å². The van der Waals surface area contributed by atoms with Crippen LogP contribution in [0.4, 0.5) is 0 Å². The minimum atomic E-state index is -0.137. The fraction of sp³-hybridized carbons (Fsp3) is 0.278. The Bertz CT molecular complexity index is 834. The van der Waals surface area contributed by atoms with Crippen LogP contribution < -0.4 is 5.32 Å². The van der Waals surface area contributed by atoms with Crippen LogP contribution in [0.1, 0.15) is 29.8 Å². The molecular formula is C18H20N4O. The lowest BCUT2D eigenvalue weighted by atomic mass is 10.1. The van der Waals surface area contributed by atoms with Crippen LogP contribution in [0.5, 0.6) is 0 Å². The summed E-state index contributed by atoms with van der Waals surface area (Å²) in [5.41, 5.74) is 4.23. The number of benzene rings is 1. The molecule has 0 saturated carbocycles. The van der Waals surface area contributed by atoms with Gasteiger partial charge in [0.25, 0.3) is 5.91 Å². The van der Waals surface area contributed by atoms with Crippen LogP contribution in [0.15, 0.2) is 42.7 Å². The van der Waals surface area contributed by atoms with Gasteiger partial charge in [0.1, 0.15) is 5.56 Å². The van der Waals surface area contributed by atoms with Crippen molar-refractivity contribution >= 4 is 11.6 Å². The molecule has 0 aliphatic heterocycles. The van der Waals surface area contributed by atoms with Crippen molar-refractivity contribution in [1.29, 1.82) is 0 Å². The molecule has 3 rings (SSSR count). The lowest BCUT2D eigenvalue weighted by Crippen LogP contribution is -2.27. The van der Waals surface area contributed by atoms with Gasteiger partial charge in [0.15, 0.2) is 5.65 Å². The summed E-state index contributed by atoms with van der Waals surface area (Å²) in [6.45, 7) is 6.80. The topological polar surface area (TPSA) is 59.3 Å². The molecule has 0 fully saturated rings. The number of nitrogens with one attached hydrogen (secondary N) is 1. The van der Waals surface area contributed by atoms with Gasteiger partial charge in [-0.05, 0) is 18.9 Å². The average Bonchev–Trinajstić information content (AvgIpc) is 2.97. The average molecular weight is 308 g/mol. The second-order valence-corrected chi connectivity index (χ2v) is 6.09. The highest BCUT2D eigenvalue weighted by molar-refractivity contribution is 5.99. The number of carbonyl (C=O) groups excluding carboxylic acids is 1. The van der Waals surface area contributed by atoms with Gasteiger partial charge >= 0.3 is 0 Å². The SMILES string of the molecule is Cc1ccc(-c2ccnc3c(C(=O)NCC(C)C)cnn23)cc1. The third-order valence-corrected chi connectivity index (χ3v) is 3.66. The Labute approximate surface area is 135 Å². The van der Waals surface area contributed by atoms with E-state index in [2.05, 4.69) is 48.3 Å². The van der Waals surface area contributed by atoms with Gasteiger partial charge in [-0.15, -0.1) is 0 Å². The van der Waals surface area contributed by atoms with Gasteiger partial charge in [-0.1, -0.05) is 43.7 Å². The van der Waals surface area contributed by atoms with E-state index in [0.717, 1.165) is 11.3 Å². The van der Waals surface area contributed by atoms with Crippen LogP contribution in [-0.4, -0.2) is 27.0 Å². The Morgan fingerprint density at radius 1 is 1.22 bits per heavy atom. The summed E-state index contributed by atoms with van der Waals surface area (Å²) in [5, 5.41) is 7.27. The lowest BCUT2D eigenvalue weighted by Gasteiger charge is -2.07. The van der Waals surface area contributed by atoms with Gasteiger partial charge in [0, 0.05) is 18.3 Å². The van der Waals surface area contributed by atoms with Crippen molar-refractivity contribution in [2.24, 2.45) is 5.92 Å². The number of rotatable bonds is 4. The molecule has 0 bridgehead atoms. The van der Waals surface area contributed by atoms with Crippen molar-refractivity contribution < 1.29 is 4.79 Å². The summed E-state index contributed by atoms with van der Waals surface area (Å²) >= 11 is 0. The fourth-order valence-corrected chi connectivity index (χ4v) is 2.39. The molecule has 1 N–H and O–H groups in total. The molecule has 0 aliphatic rings. The second kappa shape index (κ2) is 6.20. The number of aromatic nitrogens is 3. The summed E-state index contributed by atoms with van der Waals surface area (Å²) in [6, 6.07) is 10.1. The number of amides is 1. The fourth-order valence-electron chi connectivity index (χ4n) is 2.39. The molecule has 2 aromatic heterocycles. The van der Waals surface area contributed by atoms with Crippen LogP contribution in [0.3, 0.4) is 0 Å². The lowest BCUT2D eigenvalue weighted by molar-refractivity contribution is 0.0950. The van der Waals surface area contributed by atoms with Crippen molar-refractivity contribution in [3.63, 3.8) is 0 Å². The Balaban J connectivity index is 2.00. The minimum absolute atomic E-state index is 0.137. The van der Waals surface area contributed by atoms with E-state index < -0.39 is 0 Å². The van der Waals surface area contributed by atoms with E-state index in [1.165, 1.54) is 5.56 Å². The van der Waals surface area contributed by atoms with Crippen molar-refractivity contribution in [3.8, 4) is 11.3 Å². The van der Waals surface area contributed by atoms with Crippen molar-refractivity contribution in [1.82, 2.24) is 19.9 Å². The number of hydrogen-bond acceptors (Lipinski definition) is 3. The number of fused-ring (bicyclic) bond motifs is 1. The molecule has 0 radical (unpaired) electrons. The van der Waals surface area contributed by atoms with E-state index >= 15 is 0 Å². The largest absolute Gasteiger partial charge is 0.352 e. The zero-order valence-corrected chi connectivity index (χ0v) is 13.6. The number of nitrogens with zero attached hydrogens (tertiary/aromatic N) is 3. The predicted molar refractivity (Wildman–Crippen MR) is 90.3 cm³/mol. The van der Waals surface area contributed by atoms with Gasteiger partial charge in [0.05, 0.1) is 11.9 Å². The Kier molecular flexibility index (Phi) is 4.10. The van der Waals surface area contributed by atoms with Gasteiger partial charge < -0.3 is 5.32 Å². The standard InChI is InChI=1S/C18H20N4O/c1-12(2)10-20-18(23)15-11-21-22-16(8-9-19-17(15)22)14-6-4-13(3)5-7-14/h4-9,11-12H,10H2,1-3H3,(H,20,23). The smallest absolute Gasteiger partial charge is 0.256 e. The summed E-state index contributed by atoms with van der Waals surface area (Å²) in [7, 11) is 0. The Hall–Kier alpha value is -2.69. The summed E-state index contributed by atoms with van der Waals surface area (Å²) in [5.74, 6) is 0.263. The number of carbonyl (C=O) groups is 1. The summed E-state index contributed by atoms with van der Waals surface area (Å²) in [6.07, 6.45) is 3.29. The molecule has 0 spiro atoms. The van der Waals surface area contributed by atoms with E-state index in [0.29, 0.717) is 23.7 Å². The predicted octanol–water partition coefficient (Wildman–Crippen LogP) is 3.09. The summed E-state index contributed by atoms with van der Waals surface area (Å²) < 4.78 is 1.72. The molecule has 1 amide bonds. The molecule has 0 saturated heterocycles. The quantitative estimate of drug-likeness (QED) is 0.805. The highest BCUT2D eigenvalue weighted by Gasteiger charge is 2.16. The first-order valence-corrected chi connectivity index (χ1v) is 7.74. The molecule has 2 heterocycles. The highest BCUT2D eigenvalue weighted by atomic mass is 16.1. The molecular weight excluding hydrogens is 288 g/mol. The first-order valence-electron chi connectivity index (χ1n) is 7.74. The zero-order chi connectivity index (χ0) is 16.4. The Morgan fingerprint density at radius 2 is 1.96 bits per heavy atom. The number of hydrogen-bond donors (Lipinski definition) is 1. The maximum Gasteiger partial charge on any atom is 0.256 e. The zero-order valence-electron chi connectivity index (χ0n) is 13.6. The van der Waals surface area contributed by atoms with Crippen molar-refractivity contribution in [3.05, 3.63) is 53.9 Å². The van der Waals surface area contributed by atoms with Crippen LogP contribution in [0.2, 0.25) is 0 Å². The molecule has 3 aromatic rings. The van der Waals surface area contributed by atoms with Crippen LogP contribution in [0.25, 0.3) is 16.9 Å². The molecule has 0 atom stereocenters. The first-order chi connectivity index (χ1) is 11.1. The van der Waals surface area contributed by atoms with Crippen molar-refractivity contribution in [2.75, 3.05) is 6.54 Å². The monoisotopic (exact) mass is 308 g/mol. The maximum atomic E-state index is 12.3. The van der Waals surface area contributed by atoms with E-state index in [9.17, 15) is 4.79 Å². The van der Waals surface area contributed by atoms with Crippen molar-refractivity contribution in [2.45, 2.75) is 20.8 Å². The van der Waals surface area contributed by atoms with Gasteiger partial charge in [0.2, 0.25) is 0 Å². The summed E-state index contributed by atoms with van der Waals surface area (Å²) in [4.78, 5) is 16.6. The third kappa shape index (κ3) is 3.08. The minimum Gasteiger partial charge on any atom is -0.352 e.